The van der Waals surface area contributed by atoms with Gasteiger partial charge in [0.25, 0.3) is 0 Å². The second kappa shape index (κ2) is 9.43. The van der Waals surface area contributed by atoms with E-state index in [0.717, 1.165) is 31.4 Å². The molecule has 2 heterocycles. The van der Waals surface area contributed by atoms with Crippen molar-refractivity contribution < 1.29 is 9.59 Å². The summed E-state index contributed by atoms with van der Waals surface area (Å²) in [7, 11) is 0. The van der Waals surface area contributed by atoms with Crippen LogP contribution in [-0.2, 0) is 9.59 Å². The third-order valence-corrected chi connectivity index (χ3v) is 4.96. The average Bonchev–Trinajstić information content (AvgIpc) is 3.06. The molecule has 1 aromatic carbocycles. The highest BCUT2D eigenvalue weighted by atomic mass is 16.2. The smallest absolute Gasteiger partial charge is 0.247 e. The molecule has 0 spiro atoms. The standard InChI is InChI=1S/C20H28N6O2/c1-15(2)18(26-23-19(22-24-26)16-9-5-3-6-10-16)20(28)21-12-14-25-13-8-4-7-11-17(25)27/h3,5-6,9-10,15,18H,4,7-8,11-14H2,1-2H3,(H,21,28). The first kappa shape index (κ1) is 20.0. The molecule has 0 aliphatic carbocycles. The lowest BCUT2D eigenvalue weighted by Crippen LogP contribution is -2.42. The number of carbonyl (C=O) groups is 2. The van der Waals surface area contributed by atoms with E-state index in [0.29, 0.717) is 25.3 Å². The summed E-state index contributed by atoms with van der Waals surface area (Å²) in [5.41, 5.74) is 0.858. The van der Waals surface area contributed by atoms with Crippen molar-refractivity contribution in [2.75, 3.05) is 19.6 Å². The predicted molar refractivity (Wildman–Crippen MR) is 105 cm³/mol. The van der Waals surface area contributed by atoms with Gasteiger partial charge in [0.05, 0.1) is 0 Å². The third kappa shape index (κ3) is 4.94. The zero-order valence-corrected chi connectivity index (χ0v) is 16.5. The Kier molecular flexibility index (Phi) is 6.73. The van der Waals surface area contributed by atoms with E-state index < -0.39 is 6.04 Å². The minimum atomic E-state index is -0.551. The Balaban J connectivity index is 1.61. The SMILES string of the molecule is CC(C)C(C(=O)NCCN1CCCCCC1=O)n1nnc(-c2ccccc2)n1. The number of benzene rings is 1. The van der Waals surface area contributed by atoms with Gasteiger partial charge in [-0.1, -0.05) is 50.6 Å². The molecule has 150 valence electrons. The molecule has 2 aromatic rings. The number of nitrogens with zero attached hydrogens (tertiary/aromatic N) is 5. The van der Waals surface area contributed by atoms with Crippen molar-refractivity contribution in [2.24, 2.45) is 5.92 Å². The summed E-state index contributed by atoms with van der Waals surface area (Å²) in [6.07, 6.45) is 3.68. The maximum absolute atomic E-state index is 12.8. The quantitative estimate of drug-likeness (QED) is 0.789. The molecule has 0 bridgehead atoms. The molecule has 1 atom stereocenters. The predicted octanol–water partition coefficient (Wildman–Crippen LogP) is 2.06. The molecule has 8 nitrogen and oxygen atoms in total. The second-order valence-electron chi connectivity index (χ2n) is 7.47. The molecule has 8 heteroatoms. The highest BCUT2D eigenvalue weighted by Gasteiger charge is 2.27. The van der Waals surface area contributed by atoms with Crippen LogP contribution in [0.4, 0.5) is 0 Å². The molecule has 1 fully saturated rings. The summed E-state index contributed by atoms with van der Waals surface area (Å²) in [4.78, 5) is 28.1. The zero-order chi connectivity index (χ0) is 19.9. The molecule has 1 aromatic heterocycles. The largest absolute Gasteiger partial charge is 0.352 e. The van der Waals surface area contributed by atoms with Gasteiger partial charge < -0.3 is 10.2 Å². The van der Waals surface area contributed by atoms with E-state index in [1.165, 1.54) is 4.80 Å². The van der Waals surface area contributed by atoms with Crippen molar-refractivity contribution in [3.05, 3.63) is 30.3 Å². The molecule has 1 unspecified atom stereocenters. The van der Waals surface area contributed by atoms with Gasteiger partial charge in [-0.15, -0.1) is 10.2 Å². The van der Waals surface area contributed by atoms with Crippen LogP contribution in [0.2, 0.25) is 0 Å². The number of rotatable bonds is 7. The number of hydrogen-bond acceptors (Lipinski definition) is 5. The van der Waals surface area contributed by atoms with Gasteiger partial charge in [-0.05, 0) is 24.0 Å². The Morgan fingerprint density at radius 3 is 2.71 bits per heavy atom. The molecule has 1 aliphatic heterocycles. The fourth-order valence-electron chi connectivity index (χ4n) is 3.41. The highest BCUT2D eigenvalue weighted by Crippen LogP contribution is 2.18. The van der Waals surface area contributed by atoms with E-state index in [9.17, 15) is 9.59 Å². The van der Waals surface area contributed by atoms with Crippen molar-refractivity contribution >= 4 is 11.8 Å². The Labute approximate surface area is 165 Å². The Hall–Kier alpha value is -2.77. The first-order valence-electron chi connectivity index (χ1n) is 9.96. The van der Waals surface area contributed by atoms with Crippen LogP contribution in [0.1, 0.15) is 45.6 Å². The zero-order valence-electron chi connectivity index (χ0n) is 16.5. The normalized spacial score (nSPS) is 16.1. The fourth-order valence-corrected chi connectivity index (χ4v) is 3.41. The van der Waals surface area contributed by atoms with E-state index in [-0.39, 0.29) is 17.7 Å². The van der Waals surface area contributed by atoms with E-state index in [4.69, 9.17) is 0 Å². The maximum atomic E-state index is 12.8. The Morgan fingerprint density at radius 1 is 1.18 bits per heavy atom. The summed E-state index contributed by atoms with van der Waals surface area (Å²) in [6.45, 7) is 5.64. The van der Waals surface area contributed by atoms with Gasteiger partial charge in [0.15, 0.2) is 6.04 Å². The summed E-state index contributed by atoms with van der Waals surface area (Å²) in [6, 6.07) is 9.01. The van der Waals surface area contributed by atoms with Crippen LogP contribution in [0.25, 0.3) is 11.4 Å². The van der Waals surface area contributed by atoms with Gasteiger partial charge in [-0.3, -0.25) is 9.59 Å². The molecule has 1 N–H and O–H groups in total. The molecule has 0 radical (unpaired) electrons. The summed E-state index contributed by atoms with van der Waals surface area (Å²) < 4.78 is 0. The molecule has 1 saturated heterocycles. The average molecular weight is 384 g/mol. The van der Waals surface area contributed by atoms with E-state index in [1.807, 2.05) is 49.1 Å². The van der Waals surface area contributed by atoms with Crippen LogP contribution in [0.5, 0.6) is 0 Å². The number of likely N-dealkylation sites (tertiary alicyclic amines) is 1. The van der Waals surface area contributed by atoms with Crippen LogP contribution in [0.15, 0.2) is 30.3 Å². The maximum Gasteiger partial charge on any atom is 0.247 e. The lowest BCUT2D eigenvalue weighted by molar-refractivity contribution is -0.131. The third-order valence-electron chi connectivity index (χ3n) is 4.96. The highest BCUT2D eigenvalue weighted by molar-refractivity contribution is 5.80. The number of amides is 2. The van der Waals surface area contributed by atoms with Gasteiger partial charge in [0.2, 0.25) is 17.6 Å². The number of aromatic nitrogens is 4. The van der Waals surface area contributed by atoms with Crippen LogP contribution >= 0.6 is 0 Å². The fraction of sp³-hybridized carbons (Fsp3) is 0.550. The lowest BCUT2D eigenvalue weighted by atomic mass is 10.0. The van der Waals surface area contributed by atoms with Crippen molar-refractivity contribution in [1.29, 1.82) is 0 Å². The summed E-state index contributed by atoms with van der Waals surface area (Å²) in [5.74, 6) is 0.513. The molecule has 2 amide bonds. The van der Waals surface area contributed by atoms with Crippen molar-refractivity contribution in [2.45, 2.75) is 45.6 Å². The van der Waals surface area contributed by atoms with Crippen LogP contribution in [-0.4, -0.2) is 56.6 Å². The molecule has 0 saturated carbocycles. The first-order valence-corrected chi connectivity index (χ1v) is 9.96. The summed E-state index contributed by atoms with van der Waals surface area (Å²) >= 11 is 0. The molecule has 1 aliphatic rings. The van der Waals surface area contributed by atoms with Crippen molar-refractivity contribution in [3.8, 4) is 11.4 Å². The topological polar surface area (TPSA) is 93.0 Å². The van der Waals surface area contributed by atoms with E-state index in [2.05, 4.69) is 20.7 Å². The van der Waals surface area contributed by atoms with Crippen LogP contribution in [0, 0.1) is 5.92 Å². The van der Waals surface area contributed by atoms with Gasteiger partial charge >= 0.3 is 0 Å². The number of nitrogens with one attached hydrogen (secondary N) is 1. The number of hydrogen-bond donors (Lipinski definition) is 1. The Bertz CT molecular complexity index is 789. The lowest BCUT2D eigenvalue weighted by Gasteiger charge is -2.22. The molecular weight excluding hydrogens is 356 g/mol. The van der Waals surface area contributed by atoms with Gasteiger partial charge in [-0.25, -0.2) is 0 Å². The van der Waals surface area contributed by atoms with Crippen LogP contribution in [0.3, 0.4) is 0 Å². The first-order chi connectivity index (χ1) is 13.6. The van der Waals surface area contributed by atoms with Gasteiger partial charge in [0, 0.05) is 31.6 Å². The van der Waals surface area contributed by atoms with Gasteiger partial charge in [-0.2, -0.15) is 4.80 Å². The molecular formula is C20H28N6O2. The number of tetrazole rings is 1. The van der Waals surface area contributed by atoms with Crippen molar-refractivity contribution in [1.82, 2.24) is 30.4 Å². The van der Waals surface area contributed by atoms with Gasteiger partial charge in [0.1, 0.15) is 0 Å². The number of carbonyl (C=O) groups excluding carboxylic acids is 2. The second-order valence-corrected chi connectivity index (χ2v) is 7.47. The molecule has 28 heavy (non-hydrogen) atoms. The van der Waals surface area contributed by atoms with Crippen molar-refractivity contribution in [3.63, 3.8) is 0 Å². The minimum absolute atomic E-state index is 0.00218. The van der Waals surface area contributed by atoms with E-state index in [1.54, 1.807) is 0 Å². The minimum Gasteiger partial charge on any atom is -0.352 e. The Morgan fingerprint density at radius 2 is 1.96 bits per heavy atom. The monoisotopic (exact) mass is 384 g/mol. The van der Waals surface area contributed by atoms with E-state index >= 15 is 0 Å². The molecule has 3 rings (SSSR count). The van der Waals surface area contributed by atoms with Crippen LogP contribution < -0.4 is 5.32 Å². The summed E-state index contributed by atoms with van der Waals surface area (Å²) in [5, 5.41) is 15.6.